The number of nitrogens with zero attached hydrogens (tertiary/aromatic N) is 1. The molecule has 5 nitrogen and oxygen atoms in total. The zero-order valence-electron chi connectivity index (χ0n) is 10.7. The average Bonchev–Trinajstić information content (AvgIpc) is 3.17. The van der Waals surface area contributed by atoms with Crippen molar-refractivity contribution in [3.63, 3.8) is 0 Å². The van der Waals surface area contributed by atoms with Crippen LogP contribution < -0.4 is 5.32 Å². The van der Waals surface area contributed by atoms with Gasteiger partial charge < -0.3 is 5.32 Å². The van der Waals surface area contributed by atoms with Crippen LogP contribution in [0.4, 0.5) is 0 Å². The first-order valence-electron chi connectivity index (χ1n) is 6.52. The molecule has 0 unspecified atom stereocenters. The third-order valence-corrected chi connectivity index (χ3v) is 3.77. The van der Waals surface area contributed by atoms with E-state index in [4.69, 9.17) is 11.6 Å². The standard InChI is InChI=1S/C14H13ClN2O3/c15-10-3-1-2-9-12(10)14(20)17(13(9)19)7-6-11(18)16-8-4-5-8/h1-3,8H,4-7H2,(H,16,18). The molecule has 0 atom stereocenters. The zero-order valence-corrected chi connectivity index (χ0v) is 11.4. The fourth-order valence-corrected chi connectivity index (χ4v) is 2.49. The summed E-state index contributed by atoms with van der Waals surface area (Å²) in [5, 5.41) is 3.10. The van der Waals surface area contributed by atoms with Crippen molar-refractivity contribution in [2.24, 2.45) is 0 Å². The fraction of sp³-hybridized carbons (Fsp3) is 0.357. The Kier molecular flexibility index (Phi) is 3.22. The van der Waals surface area contributed by atoms with Crippen LogP contribution in [0.15, 0.2) is 18.2 Å². The minimum Gasteiger partial charge on any atom is -0.353 e. The van der Waals surface area contributed by atoms with Gasteiger partial charge in [-0.3, -0.25) is 19.3 Å². The third kappa shape index (κ3) is 2.29. The van der Waals surface area contributed by atoms with Crippen LogP contribution >= 0.6 is 11.6 Å². The van der Waals surface area contributed by atoms with Crippen molar-refractivity contribution in [2.75, 3.05) is 6.54 Å². The maximum absolute atomic E-state index is 12.2. The van der Waals surface area contributed by atoms with Crippen molar-refractivity contribution in [2.45, 2.75) is 25.3 Å². The van der Waals surface area contributed by atoms with Crippen LogP contribution in [0.1, 0.15) is 40.0 Å². The number of halogens is 1. The lowest BCUT2D eigenvalue weighted by molar-refractivity contribution is -0.121. The smallest absolute Gasteiger partial charge is 0.263 e. The highest BCUT2D eigenvalue weighted by atomic mass is 35.5. The molecule has 1 aliphatic heterocycles. The molecule has 1 saturated carbocycles. The number of fused-ring (bicyclic) bond motifs is 1. The summed E-state index contributed by atoms with van der Waals surface area (Å²) >= 11 is 5.96. The molecule has 3 rings (SSSR count). The highest BCUT2D eigenvalue weighted by molar-refractivity contribution is 6.37. The molecule has 3 amide bonds. The molecule has 1 fully saturated rings. The van der Waals surface area contributed by atoms with Crippen LogP contribution in [0.25, 0.3) is 0 Å². The van der Waals surface area contributed by atoms with E-state index in [0.29, 0.717) is 5.56 Å². The number of rotatable bonds is 4. The molecule has 1 N–H and O–H groups in total. The Balaban J connectivity index is 1.69. The first-order valence-corrected chi connectivity index (χ1v) is 6.90. The van der Waals surface area contributed by atoms with Gasteiger partial charge in [-0.05, 0) is 25.0 Å². The van der Waals surface area contributed by atoms with E-state index in [1.165, 1.54) is 0 Å². The highest BCUT2D eigenvalue weighted by Crippen LogP contribution is 2.29. The second kappa shape index (κ2) is 4.90. The van der Waals surface area contributed by atoms with Crippen molar-refractivity contribution in [3.05, 3.63) is 34.3 Å². The van der Waals surface area contributed by atoms with Gasteiger partial charge in [0.2, 0.25) is 5.91 Å². The fourth-order valence-electron chi connectivity index (χ4n) is 2.24. The molecule has 104 valence electrons. The van der Waals surface area contributed by atoms with Crippen molar-refractivity contribution < 1.29 is 14.4 Å². The van der Waals surface area contributed by atoms with Gasteiger partial charge in [-0.15, -0.1) is 0 Å². The molecule has 1 aromatic carbocycles. The quantitative estimate of drug-likeness (QED) is 0.857. The van der Waals surface area contributed by atoms with Crippen LogP contribution in [-0.2, 0) is 4.79 Å². The molecule has 0 bridgehead atoms. The summed E-state index contributed by atoms with van der Waals surface area (Å²) in [4.78, 5) is 37.0. The minimum atomic E-state index is -0.421. The maximum atomic E-state index is 12.2. The van der Waals surface area contributed by atoms with Gasteiger partial charge in [-0.25, -0.2) is 0 Å². The molecule has 20 heavy (non-hydrogen) atoms. The van der Waals surface area contributed by atoms with Crippen LogP contribution in [0.3, 0.4) is 0 Å². The summed E-state index contributed by atoms with van der Waals surface area (Å²) in [5.41, 5.74) is 0.548. The topological polar surface area (TPSA) is 66.5 Å². The molecular weight excluding hydrogens is 280 g/mol. The predicted octanol–water partition coefficient (Wildman–Crippen LogP) is 1.60. The SMILES string of the molecule is O=C(CCN1C(=O)c2cccc(Cl)c2C1=O)NC1CC1. The van der Waals surface area contributed by atoms with Crippen molar-refractivity contribution in [1.29, 1.82) is 0 Å². The summed E-state index contributed by atoms with van der Waals surface area (Å²) in [7, 11) is 0. The van der Waals surface area contributed by atoms with Crippen LogP contribution in [0.2, 0.25) is 5.02 Å². The largest absolute Gasteiger partial charge is 0.353 e. The zero-order chi connectivity index (χ0) is 14.3. The number of benzene rings is 1. The maximum Gasteiger partial charge on any atom is 0.263 e. The normalized spacial score (nSPS) is 17.4. The van der Waals surface area contributed by atoms with Crippen molar-refractivity contribution >= 4 is 29.3 Å². The number of imide groups is 1. The molecule has 1 aromatic rings. The Morgan fingerprint density at radius 1 is 1.30 bits per heavy atom. The van der Waals surface area contributed by atoms with Crippen LogP contribution in [0.5, 0.6) is 0 Å². The first kappa shape index (κ1) is 13.1. The summed E-state index contributed by atoms with van der Waals surface area (Å²) in [5.74, 6) is -0.934. The molecule has 1 heterocycles. The number of carbonyl (C=O) groups is 3. The molecule has 6 heteroatoms. The Labute approximate surface area is 120 Å². The van der Waals surface area contributed by atoms with E-state index in [0.717, 1.165) is 17.7 Å². The van der Waals surface area contributed by atoms with E-state index in [2.05, 4.69) is 5.32 Å². The molecule has 0 saturated heterocycles. The molecule has 1 aliphatic carbocycles. The summed E-state index contributed by atoms with van der Waals surface area (Å²) < 4.78 is 0. The number of hydrogen-bond donors (Lipinski definition) is 1. The monoisotopic (exact) mass is 292 g/mol. The molecule has 0 aromatic heterocycles. The van der Waals surface area contributed by atoms with Gasteiger partial charge in [-0.1, -0.05) is 17.7 Å². The lowest BCUT2D eigenvalue weighted by atomic mass is 10.1. The molecular formula is C14H13ClN2O3. The van der Waals surface area contributed by atoms with E-state index < -0.39 is 5.91 Å². The predicted molar refractivity (Wildman–Crippen MR) is 72.6 cm³/mol. The van der Waals surface area contributed by atoms with Gasteiger partial charge in [0.15, 0.2) is 0 Å². The Morgan fingerprint density at radius 3 is 2.70 bits per heavy atom. The van der Waals surface area contributed by atoms with Gasteiger partial charge in [0.25, 0.3) is 11.8 Å². The second-order valence-electron chi connectivity index (χ2n) is 5.02. The number of amides is 3. The van der Waals surface area contributed by atoms with Crippen molar-refractivity contribution in [3.8, 4) is 0 Å². The number of nitrogens with one attached hydrogen (secondary N) is 1. The Morgan fingerprint density at radius 2 is 2.05 bits per heavy atom. The second-order valence-corrected chi connectivity index (χ2v) is 5.42. The van der Waals surface area contributed by atoms with Gasteiger partial charge in [0, 0.05) is 19.0 Å². The van der Waals surface area contributed by atoms with E-state index in [9.17, 15) is 14.4 Å². The van der Waals surface area contributed by atoms with Gasteiger partial charge >= 0.3 is 0 Å². The van der Waals surface area contributed by atoms with Crippen molar-refractivity contribution in [1.82, 2.24) is 10.2 Å². The highest BCUT2D eigenvalue weighted by Gasteiger charge is 2.37. The lowest BCUT2D eigenvalue weighted by Crippen LogP contribution is -2.35. The van der Waals surface area contributed by atoms with E-state index in [1.807, 2.05) is 0 Å². The summed E-state index contributed by atoms with van der Waals surface area (Å²) in [6.07, 6.45) is 2.14. The molecule has 0 radical (unpaired) electrons. The van der Waals surface area contributed by atoms with E-state index in [-0.39, 0.29) is 41.4 Å². The molecule has 2 aliphatic rings. The third-order valence-electron chi connectivity index (χ3n) is 3.45. The average molecular weight is 293 g/mol. The Hall–Kier alpha value is -1.88. The minimum absolute atomic E-state index is 0.0846. The summed E-state index contributed by atoms with van der Waals surface area (Å²) in [6.45, 7) is 0.0846. The van der Waals surface area contributed by atoms with Gasteiger partial charge in [0.05, 0.1) is 16.1 Å². The number of hydrogen-bond acceptors (Lipinski definition) is 3. The van der Waals surface area contributed by atoms with Crippen LogP contribution in [-0.4, -0.2) is 35.2 Å². The van der Waals surface area contributed by atoms with Gasteiger partial charge in [-0.2, -0.15) is 0 Å². The summed E-state index contributed by atoms with van der Waals surface area (Å²) in [6, 6.07) is 5.06. The lowest BCUT2D eigenvalue weighted by Gasteiger charge is -2.13. The molecule has 0 spiro atoms. The first-order chi connectivity index (χ1) is 9.58. The van der Waals surface area contributed by atoms with E-state index >= 15 is 0 Å². The Bertz CT molecular complexity index is 610. The van der Waals surface area contributed by atoms with Crippen LogP contribution in [0, 0.1) is 0 Å². The number of carbonyl (C=O) groups excluding carboxylic acids is 3. The van der Waals surface area contributed by atoms with Gasteiger partial charge in [0.1, 0.15) is 0 Å². The van der Waals surface area contributed by atoms with E-state index in [1.54, 1.807) is 18.2 Å².